The molecule has 0 saturated carbocycles. The summed E-state index contributed by atoms with van der Waals surface area (Å²) in [4.78, 5) is 14.8. The van der Waals surface area contributed by atoms with Gasteiger partial charge in [-0.25, -0.2) is 0 Å². The highest BCUT2D eigenvalue weighted by Gasteiger charge is 2.16. The number of carbonyl (C=O) groups excluding carboxylic acids is 1. The Labute approximate surface area is 160 Å². The van der Waals surface area contributed by atoms with E-state index in [1.54, 1.807) is 12.1 Å². The van der Waals surface area contributed by atoms with Crippen LogP contribution in [0.1, 0.15) is 22.8 Å². The Balaban J connectivity index is 0.00000225. The third-order valence-corrected chi connectivity index (χ3v) is 4.49. The van der Waals surface area contributed by atoms with E-state index in [-0.39, 0.29) is 18.3 Å². The molecule has 0 unspecified atom stereocenters. The van der Waals surface area contributed by atoms with Gasteiger partial charge in [0.1, 0.15) is 0 Å². The summed E-state index contributed by atoms with van der Waals surface area (Å²) in [6.45, 7) is 6.19. The number of nitrogens with one attached hydrogen (secondary N) is 2. The summed E-state index contributed by atoms with van der Waals surface area (Å²) in [5, 5.41) is 6.84. The molecule has 0 aromatic heterocycles. The van der Waals surface area contributed by atoms with Crippen molar-refractivity contribution in [1.29, 1.82) is 0 Å². The zero-order chi connectivity index (χ0) is 16.9. The zero-order valence-electron chi connectivity index (χ0n) is 14.2. The predicted octanol–water partition coefficient (Wildman–Crippen LogP) is 3.81. The first kappa shape index (κ1) is 19.7. The van der Waals surface area contributed by atoms with E-state index in [2.05, 4.69) is 28.5 Å². The highest BCUT2D eigenvalue weighted by Crippen LogP contribution is 2.18. The Bertz CT molecular complexity index is 723. The van der Waals surface area contributed by atoms with E-state index < -0.39 is 0 Å². The van der Waals surface area contributed by atoms with Gasteiger partial charge in [0.15, 0.2) is 0 Å². The molecule has 0 spiro atoms. The number of rotatable bonds is 4. The van der Waals surface area contributed by atoms with Crippen LogP contribution in [0, 0.1) is 0 Å². The number of halogens is 2. The topological polar surface area (TPSA) is 44.4 Å². The second kappa shape index (κ2) is 9.20. The van der Waals surface area contributed by atoms with Crippen LogP contribution in [0.15, 0.2) is 48.5 Å². The van der Waals surface area contributed by atoms with E-state index in [1.807, 2.05) is 30.3 Å². The number of amides is 1. The van der Waals surface area contributed by atoms with E-state index in [4.69, 9.17) is 11.6 Å². The van der Waals surface area contributed by atoms with Crippen LogP contribution in [0.5, 0.6) is 0 Å². The van der Waals surface area contributed by atoms with Crippen molar-refractivity contribution in [3.05, 3.63) is 64.7 Å². The first-order chi connectivity index (χ1) is 11.6. The maximum atomic E-state index is 12.4. The lowest BCUT2D eigenvalue weighted by Crippen LogP contribution is -2.48. The average molecular weight is 380 g/mol. The molecule has 4 nitrogen and oxygen atoms in total. The highest BCUT2D eigenvalue weighted by atomic mass is 35.5. The molecule has 6 heteroatoms. The molecule has 2 aromatic rings. The van der Waals surface area contributed by atoms with Crippen molar-refractivity contribution >= 4 is 35.6 Å². The minimum absolute atomic E-state index is 0. The second-order valence-corrected chi connectivity index (χ2v) is 6.63. The Morgan fingerprint density at radius 1 is 1.28 bits per heavy atom. The summed E-state index contributed by atoms with van der Waals surface area (Å²) in [6.07, 6.45) is 0. The molecule has 2 aromatic carbocycles. The SMILES string of the molecule is C[C@@H]1CN(Cc2cccc(NC(=O)c3ccccc3Cl)c2)CCN1.Cl. The number of piperazine rings is 1. The first-order valence-corrected chi connectivity index (χ1v) is 8.60. The van der Waals surface area contributed by atoms with Gasteiger partial charge in [-0.2, -0.15) is 0 Å². The fraction of sp³-hybridized carbons (Fsp3) is 0.316. The molecule has 1 saturated heterocycles. The molecule has 0 bridgehead atoms. The lowest BCUT2D eigenvalue weighted by atomic mass is 10.1. The predicted molar refractivity (Wildman–Crippen MR) is 106 cm³/mol. The monoisotopic (exact) mass is 379 g/mol. The Morgan fingerprint density at radius 2 is 2.08 bits per heavy atom. The van der Waals surface area contributed by atoms with Gasteiger partial charge in [0, 0.05) is 37.9 Å². The largest absolute Gasteiger partial charge is 0.322 e. The Morgan fingerprint density at radius 3 is 2.84 bits per heavy atom. The van der Waals surface area contributed by atoms with Crippen LogP contribution >= 0.6 is 24.0 Å². The van der Waals surface area contributed by atoms with Gasteiger partial charge in [-0.15, -0.1) is 12.4 Å². The van der Waals surface area contributed by atoms with Gasteiger partial charge >= 0.3 is 0 Å². The molecule has 2 N–H and O–H groups in total. The highest BCUT2D eigenvalue weighted by molar-refractivity contribution is 6.34. The second-order valence-electron chi connectivity index (χ2n) is 6.22. The molecule has 1 heterocycles. The summed E-state index contributed by atoms with van der Waals surface area (Å²) in [6, 6.07) is 15.6. The van der Waals surface area contributed by atoms with E-state index in [0.29, 0.717) is 16.6 Å². The molecular weight excluding hydrogens is 357 g/mol. The van der Waals surface area contributed by atoms with Crippen LogP contribution in [0.4, 0.5) is 5.69 Å². The van der Waals surface area contributed by atoms with Crippen molar-refractivity contribution in [1.82, 2.24) is 10.2 Å². The minimum Gasteiger partial charge on any atom is -0.322 e. The lowest BCUT2D eigenvalue weighted by molar-refractivity contribution is 0.102. The fourth-order valence-electron chi connectivity index (χ4n) is 3.01. The van der Waals surface area contributed by atoms with Gasteiger partial charge in [-0.3, -0.25) is 9.69 Å². The molecular formula is C19H23Cl2N3O. The Hall–Kier alpha value is -1.59. The molecule has 1 atom stereocenters. The van der Waals surface area contributed by atoms with Gasteiger partial charge in [-0.1, -0.05) is 35.9 Å². The summed E-state index contributed by atoms with van der Waals surface area (Å²) in [5.74, 6) is -0.187. The van der Waals surface area contributed by atoms with Gasteiger partial charge in [-0.05, 0) is 36.8 Å². The van der Waals surface area contributed by atoms with E-state index in [0.717, 1.165) is 31.9 Å². The molecule has 25 heavy (non-hydrogen) atoms. The van der Waals surface area contributed by atoms with E-state index in [1.165, 1.54) is 5.56 Å². The summed E-state index contributed by atoms with van der Waals surface area (Å²) in [5.41, 5.74) is 2.47. The molecule has 1 amide bonds. The number of benzene rings is 2. The lowest BCUT2D eigenvalue weighted by Gasteiger charge is -2.31. The number of nitrogens with zero attached hydrogens (tertiary/aromatic N) is 1. The minimum atomic E-state index is -0.187. The van der Waals surface area contributed by atoms with Crippen LogP contribution in [0.25, 0.3) is 0 Å². The van der Waals surface area contributed by atoms with Gasteiger partial charge < -0.3 is 10.6 Å². The van der Waals surface area contributed by atoms with Crippen molar-refractivity contribution in [2.45, 2.75) is 19.5 Å². The molecule has 1 fully saturated rings. The zero-order valence-corrected chi connectivity index (χ0v) is 15.7. The first-order valence-electron chi connectivity index (χ1n) is 8.22. The van der Waals surface area contributed by atoms with Crippen LogP contribution in [-0.4, -0.2) is 36.5 Å². The molecule has 0 aliphatic carbocycles. The summed E-state index contributed by atoms with van der Waals surface area (Å²) in [7, 11) is 0. The van der Waals surface area contributed by atoms with Crippen molar-refractivity contribution in [3.63, 3.8) is 0 Å². The quantitative estimate of drug-likeness (QED) is 0.848. The van der Waals surface area contributed by atoms with Gasteiger partial charge in [0.05, 0.1) is 10.6 Å². The maximum absolute atomic E-state index is 12.4. The number of hydrogen-bond acceptors (Lipinski definition) is 3. The van der Waals surface area contributed by atoms with Crippen LogP contribution < -0.4 is 10.6 Å². The standard InChI is InChI=1S/C19H22ClN3O.ClH/c1-14-12-23(10-9-21-14)13-15-5-4-6-16(11-15)22-19(24)17-7-2-3-8-18(17)20;/h2-8,11,14,21H,9-10,12-13H2,1H3,(H,22,24);1H/t14-;/m1./s1. The molecule has 0 radical (unpaired) electrons. The molecule has 1 aliphatic rings. The summed E-state index contributed by atoms with van der Waals surface area (Å²) < 4.78 is 0. The third kappa shape index (κ3) is 5.44. The normalized spacial score (nSPS) is 17.6. The number of anilines is 1. The number of carbonyl (C=O) groups is 1. The Kier molecular flexibility index (Phi) is 7.26. The smallest absolute Gasteiger partial charge is 0.257 e. The van der Waals surface area contributed by atoms with Crippen molar-refractivity contribution in [2.24, 2.45) is 0 Å². The average Bonchev–Trinajstić information content (AvgIpc) is 2.55. The van der Waals surface area contributed by atoms with Gasteiger partial charge in [0.25, 0.3) is 5.91 Å². The van der Waals surface area contributed by atoms with Crippen LogP contribution in [-0.2, 0) is 6.54 Å². The van der Waals surface area contributed by atoms with Crippen molar-refractivity contribution in [3.8, 4) is 0 Å². The van der Waals surface area contributed by atoms with Crippen LogP contribution in [0.3, 0.4) is 0 Å². The summed E-state index contributed by atoms with van der Waals surface area (Å²) >= 11 is 6.09. The maximum Gasteiger partial charge on any atom is 0.257 e. The fourth-order valence-corrected chi connectivity index (χ4v) is 3.23. The third-order valence-electron chi connectivity index (χ3n) is 4.16. The number of hydrogen-bond donors (Lipinski definition) is 2. The molecule has 1 aliphatic heterocycles. The van der Waals surface area contributed by atoms with Crippen molar-refractivity contribution in [2.75, 3.05) is 25.0 Å². The van der Waals surface area contributed by atoms with Crippen LogP contribution in [0.2, 0.25) is 5.02 Å². The van der Waals surface area contributed by atoms with Gasteiger partial charge in [0.2, 0.25) is 0 Å². The van der Waals surface area contributed by atoms with E-state index >= 15 is 0 Å². The van der Waals surface area contributed by atoms with E-state index in [9.17, 15) is 4.79 Å². The molecule has 3 rings (SSSR count). The molecule has 134 valence electrons. The van der Waals surface area contributed by atoms with Crippen molar-refractivity contribution < 1.29 is 4.79 Å².